The van der Waals surface area contributed by atoms with E-state index in [0.29, 0.717) is 5.15 Å². The van der Waals surface area contributed by atoms with Crippen LogP contribution in [0.15, 0.2) is 10.9 Å². The Morgan fingerprint density at radius 2 is 2.09 bits per heavy atom. The molecule has 0 radical (unpaired) electrons. The Bertz CT molecular complexity index is 262. The lowest BCUT2D eigenvalue weighted by Crippen LogP contribution is -2.20. The Kier molecular flexibility index (Phi) is 2.30. The first kappa shape index (κ1) is 9.07. The van der Waals surface area contributed by atoms with Crippen LogP contribution in [0.1, 0.15) is 20.8 Å². The first-order chi connectivity index (χ1) is 4.93. The smallest absolute Gasteiger partial charge is 0.161 e. The third-order valence-electron chi connectivity index (χ3n) is 1.39. The van der Waals surface area contributed by atoms with Crippen molar-refractivity contribution in [2.24, 2.45) is 0 Å². The van der Waals surface area contributed by atoms with Crippen LogP contribution in [0.5, 0.6) is 0 Å². The van der Waals surface area contributed by atoms with Gasteiger partial charge in [0.05, 0.1) is 6.33 Å². The molecule has 4 heteroatoms. The molecule has 1 heterocycles. The molecule has 1 aromatic rings. The molecule has 1 aromatic heterocycles. The molecule has 0 aromatic carbocycles. The number of hydrogen-bond acceptors (Lipinski definition) is 1. The van der Waals surface area contributed by atoms with E-state index in [0.717, 1.165) is 4.60 Å². The minimum Gasteiger partial charge on any atom is -0.319 e. The number of imidazole rings is 1. The molecule has 11 heavy (non-hydrogen) atoms. The second-order valence-electron chi connectivity index (χ2n) is 3.37. The number of halogens is 2. The zero-order valence-corrected chi connectivity index (χ0v) is 9.07. The topological polar surface area (TPSA) is 17.8 Å². The van der Waals surface area contributed by atoms with Crippen LogP contribution in [0.4, 0.5) is 0 Å². The summed E-state index contributed by atoms with van der Waals surface area (Å²) in [4.78, 5) is 3.96. The number of hydrogen-bond donors (Lipinski definition) is 0. The summed E-state index contributed by atoms with van der Waals surface area (Å²) in [7, 11) is 0. The lowest BCUT2D eigenvalue weighted by Gasteiger charge is -2.21. The van der Waals surface area contributed by atoms with Crippen LogP contribution in [-0.4, -0.2) is 9.55 Å². The molecule has 0 aliphatic heterocycles. The molecule has 0 aliphatic rings. The number of rotatable bonds is 0. The van der Waals surface area contributed by atoms with Crippen molar-refractivity contribution in [3.05, 3.63) is 16.1 Å². The predicted octanol–water partition coefficient (Wildman–Crippen LogP) is 3.05. The SMILES string of the molecule is CC(C)(C)n1cnc(Cl)c1Br. The highest BCUT2D eigenvalue weighted by Gasteiger charge is 2.17. The van der Waals surface area contributed by atoms with Crippen LogP contribution in [0.3, 0.4) is 0 Å². The van der Waals surface area contributed by atoms with Crippen molar-refractivity contribution < 1.29 is 0 Å². The molecule has 0 spiro atoms. The summed E-state index contributed by atoms with van der Waals surface area (Å²) in [5.41, 5.74) is 0.0268. The fraction of sp³-hybridized carbons (Fsp3) is 0.571. The van der Waals surface area contributed by atoms with Crippen molar-refractivity contribution in [3.8, 4) is 0 Å². The van der Waals surface area contributed by atoms with Gasteiger partial charge in [0.1, 0.15) is 4.60 Å². The lowest BCUT2D eigenvalue weighted by molar-refractivity contribution is 0.390. The van der Waals surface area contributed by atoms with E-state index in [1.54, 1.807) is 6.33 Å². The van der Waals surface area contributed by atoms with Crippen LogP contribution in [0.25, 0.3) is 0 Å². The highest BCUT2D eigenvalue weighted by atomic mass is 79.9. The first-order valence-corrected chi connectivity index (χ1v) is 4.49. The van der Waals surface area contributed by atoms with Crippen molar-refractivity contribution in [3.63, 3.8) is 0 Å². The average Bonchev–Trinajstić information content (AvgIpc) is 2.11. The molecule has 0 saturated heterocycles. The molecule has 1 rings (SSSR count). The molecule has 0 fully saturated rings. The molecule has 0 N–H and O–H groups in total. The van der Waals surface area contributed by atoms with E-state index >= 15 is 0 Å². The predicted molar refractivity (Wildman–Crippen MR) is 49.9 cm³/mol. The molecule has 0 saturated carbocycles. The Balaban J connectivity index is 3.15. The summed E-state index contributed by atoms with van der Waals surface area (Å²) in [6.07, 6.45) is 1.73. The summed E-state index contributed by atoms with van der Waals surface area (Å²) in [5.74, 6) is 0. The van der Waals surface area contributed by atoms with Gasteiger partial charge in [0, 0.05) is 5.54 Å². The minimum absolute atomic E-state index is 0.0268. The Morgan fingerprint density at radius 3 is 2.27 bits per heavy atom. The monoisotopic (exact) mass is 236 g/mol. The Hall–Kier alpha value is -0.0200. The van der Waals surface area contributed by atoms with E-state index in [-0.39, 0.29) is 5.54 Å². The van der Waals surface area contributed by atoms with E-state index < -0.39 is 0 Å². The second-order valence-corrected chi connectivity index (χ2v) is 4.48. The van der Waals surface area contributed by atoms with Gasteiger partial charge in [0.25, 0.3) is 0 Å². The Morgan fingerprint density at radius 1 is 1.55 bits per heavy atom. The van der Waals surface area contributed by atoms with Crippen LogP contribution < -0.4 is 0 Å². The van der Waals surface area contributed by atoms with E-state index in [9.17, 15) is 0 Å². The van der Waals surface area contributed by atoms with Crippen molar-refractivity contribution >= 4 is 27.5 Å². The third-order valence-corrected chi connectivity index (χ3v) is 2.65. The van der Waals surface area contributed by atoms with Crippen molar-refractivity contribution in [2.45, 2.75) is 26.3 Å². The fourth-order valence-corrected chi connectivity index (χ4v) is 1.64. The molecule has 62 valence electrons. The highest BCUT2D eigenvalue weighted by molar-refractivity contribution is 9.10. The lowest BCUT2D eigenvalue weighted by atomic mass is 10.1. The van der Waals surface area contributed by atoms with Gasteiger partial charge in [-0.2, -0.15) is 0 Å². The molecule has 0 bridgehead atoms. The molecule has 0 aliphatic carbocycles. The molecule has 0 unspecified atom stereocenters. The highest BCUT2D eigenvalue weighted by Crippen LogP contribution is 2.26. The maximum absolute atomic E-state index is 5.76. The van der Waals surface area contributed by atoms with Gasteiger partial charge in [0.15, 0.2) is 5.15 Å². The maximum atomic E-state index is 5.76. The van der Waals surface area contributed by atoms with Gasteiger partial charge in [0.2, 0.25) is 0 Å². The molecule has 0 atom stereocenters. The standard InChI is InChI=1S/C7H10BrClN2/c1-7(2,3)11-4-10-6(9)5(11)8/h4H,1-3H3. The summed E-state index contributed by atoms with van der Waals surface area (Å²) in [5, 5.41) is 0.514. The van der Waals surface area contributed by atoms with E-state index in [4.69, 9.17) is 11.6 Å². The zero-order chi connectivity index (χ0) is 8.65. The molecular weight excluding hydrogens is 227 g/mol. The van der Waals surface area contributed by atoms with E-state index in [1.165, 1.54) is 0 Å². The van der Waals surface area contributed by atoms with Gasteiger partial charge < -0.3 is 4.57 Å². The zero-order valence-electron chi connectivity index (χ0n) is 6.73. The quantitative estimate of drug-likeness (QED) is 0.678. The number of aromatic nitrogens is 2. The van der Waals surface area contributed by atoms with Gasteiger partial charge in [-0.05, 0) is 36.7 Å². The van der Waals surface area contributed by atoms with E-state index in [1.807, 2.05) is 4.57 Å². The fourth-order valence-electron chi connectivity index (χ4n) is 0.779. The first-order valence-electron chi connectivity index (χ1n) is 3.32. The molecule has 2 nitrogen and oxygen atoms in total. The molecular formula is C7H10BrClN2. The van der Waals surface area contributed by atoms with Crippen LogP contribution in [0, 0.1) is 0 Å². The van der Waals surface area contributed by atoms with Gasteiger partial charge in [-0.1, -0.05) is 11.6 Å². The number of nitrogens with zero attached hydrogens (tertiary/aromatic N) is 2. The largest absolute Gasteiger partial charge is 0.319 e. The normalized spacial score (nSPS) is 12.1. The Labute approximate surface area is 79.7 Å². The van der Waals surface area contributed by atoms with Crippen LogP contribution in [0.2, 0.25) is 5.15 Å². The van der Waals surface area contributed by atoms with Crippen LogP contribution >= 0.6 is 27.5 Å². The summed E-state index contributed by atoms with van der Waals surface area (Å²) >= 11 is 9.11. The second kappa shape index (κ2) is 2.79. The van der Waals surface area contributed by atoms with Crippen molar-refractivity contribution in [1.82, 2.24) is 9.55 Å². The van der Waals surface area contributed by atoms with Gasteiger partial charge in [-0.3, -0.25) is 0 Å². The maximum Gasteiger partial charge on any atom is 0.161 e. The van der Waals surface area contributed by atoms with Gasteiger partial charge in [-0.15, -0.1) is 0 Å². The van der Waals surface area contributed by atoms with E-state index in [2.05, 4.69) is 41.7 Å². The van der Waals surface area contributed by atoms with Crippen molar-refractivity contribution in [2.75, 3.05) is 0 Å². The van der Waals surface area contributed by atoms with Crippen molar-refractivity contribution in [1.29, 1.82) is 0 Å². The average molecular weight is 238 g/mol. The van der Waals surface area contributed by atoms with Gasteiger partial charge in [-0.25, -0.2) is 4.98 Å². The summed E-state index contributed by atoms with van der Waals surface area (Å²) in [6, 6.07) is 0. The summed E-state index contributed by atoms with van der Waals surface area (Å²) in [6.45, 7) is 6.28. The van der Waals surface area contributed by atoms with Crippen LogP contribution in [-0.2, 0) is 5.54 Å². The van der Waals surface area contributed by atoms with Gasteiger partial charge >= 0.3 is 0 Å². The molecule has 0 amide bonds. The summed E-state index contributed by atoms with van der Waals surface area (Å²) < 4.78 is 2.82. The third kappa shape index (κ3) is 1.76. The minimum atomic E-state index is 0.0268.